The average Bonchev–Trinajstić information content (AvgIpc) is 3.50. The van der Waals surface area contributed by atoms with Crippen LogP contribution in [0.15, 0.2) is 48.5 Å². The number of aromatic hydroxyl groups is 1. The summed E-state index contributed by atoms with van der Waals surface area (Å²) in [4.78, 5) is 30.0. The number of rotatable bonds is 5. The zero-order chi connectivity index (χ0) is 26.2. The molecule has 3 heterocycles. The monoisotopic (exact) mass is 504 g/mol. The van der Waals surface area contributed by atoms with Gasteiger partial charge in [0.05, 0.1) is 17.2 Å². The maximum atomic E-state index is 13.6. The van der Waals surface area contributed by atoms with Crippen LogP contribution in [-0.2, 0) is 4.79 Å². The molecule has 0 aliphatic carbocycles. The summed E-state index contributed by atoms with van der Waals surface area (Å²) in [5.74, 6) is 4.14. The highest BCUT2D eigenvalue weighted by Crippen LogP contribution is 2.39. The van der Waals surface area contributed by atoms with E-state index in [1.165, 1.54) is 6.07 Å². The van der Waals surface area contributed by atoms with Crippen LogP contribution in [0.2, 0.25) is 0 Å². The number of phenols is 1. The Morgan fingerprint density at radius 2 is 1.84 bits per heavy atom. The summed E-state index contributed by atoms with van der Waals surface area (Å²) in [6, 6.07) is 11.3. The maximum Gasteiger partial charge on any atom is 0.272 e. The number of nitrogens with one attached hydrogen (secondary N) is 1. The largest absolute Gasteiger partial charge is 0.508 e. The Labute approximate surface area is 213 Å². The van der Waals surface area contributed by atoms with E-state index < -0.39 is 17.2 Å². The van der Waals surface area contributed by atoms with Crippen molar-refractivity contribution in [1.82, 2.24) is 20.0 Å². The Morgan fingerprint density at radius 1 is 1.14 bits per heavy atom. The van der Waals surface area contributed by atoms with Crippen LogP contribution in [0.5, 0.6) is 5.75 Å². The summed E-state index contributed by atoms with van der Waals surface area (Å²) in [5, 5.41) is 16.3. The first-order valence-corrected chi connectivity index (χ1v) is 12.1. The highest BCUT2D eigenvalue weighted by atomic mass is 19.1. The number of hydrogen-bond donors (Lipinski definition) is 2. The number of amides is 2. The van der Waals surface area contributed by atoms with Crippen LogP contribution < -0.4 is 0 Å². The molecule has 2 aromatic carbocycles. The van der Waals surface area contributed by atoms with Gasteiger partial charge in [-0.25, -0.2) is 8.78 Å². The predicted octanol–water partition coefficient (Wildman–Crippen LogP) is 4.07. The third-order valence-corrected chi connectivity index (χ3v) is 7.11. The van der Waals surface area contributed by atoms with Crippen molar-refractivity contribution in [1.29, 1.82) is 0 Å². The van der Waals surface area contributed by atoms with Crippen LogP contribution in [0.1, 0.15) is 48.2 Å². The maximum absolute atomic E-state index is 13.6. The van der Waals surface area contributed by atoms with Gasteiger partial charge in [-0.3, -0.25) is 14.7 Å². The zero-order valence-corrected chi connectivity index (χ0v) is 20.3. The van der Waals surface area contributed by atoms with E-state index in [9.17, 15) is 23.5 Å². The Bertz CT molecular complexity index is 1380. The van der Waals surface area contributed by atoms with Gasteiger partial charge in [0.15, 0.2) is 0 Å². The molecular weight excluding hydrogens is 478 g/mol. The van der Waals surface area contributed by atoms with Gasteiger partial charge in [-0.1, -0.05) is 18.1 Å². The summed E-state index contributed by atoms with van der Waals surface area (Å²) in [6.07, 6.45) is 1.88. The first kappa shape index (κ1) is 24.5. The van der Waals surface area contributed by atoms with E-state index in [0.717, 1.165) is 36.6 Å². The number of carbonyl (C=O) groups is 2. The number of H-pyrrole nitrogens is 1. The van der Waals surface area contributed by atoms with Crippen LogP contribution in [0.3, 0.4) is 0 Å². The molecule has 2 N–H and O–H groups in total. The Balaban J connectivity index is 1.25. The molecule has 2 amide bonds. The molecule has 0 bridgehead atoms. The van der Waals surface area contributed by atoms with Crippen molar-refractivity contribution < 1.29 is 23.5 Å². The second kappa shape index (κ2) is 9.69. The molecule has 1 atom stereocenters. The number of phenolic OH excluding ortho intramolecular Hbond substituents is 1. The van der Waals surface area contributed by atoms with Gasteiger partial charge in [-0.15, -0.1) is 5.92 Å². The lowest BCUT2D eigenvalue weighted by molar-refractivity contribution is -0.140. The predicted molar refractivity (Wildman–Crippen MR) is 132 cm³/mol. The van der Waals surface area contributed by atoms with E-state index >= 15 is 0 Å². The number of nitrogens with zero attached hydrogens (tertiary/aromatic N) is 3. The fourth-order valence-electron chi connectivity index (χ4n) is 5.33. The molecule has 2 fully saturated rings. The molecule has 5 rings (SSSR count). The van der Waals surface area contributed by atoms with Crippen molar-refractivity contribution in [2.24, 2.45) is 0 Å². The average molecular weight is 505 g/mol. The van der Waals surface area contributed by atoms with Gasteiger partial charge in [0, 0.05) is 37.7 Å². The molecule has 2 saturated heterocycles. The highest BCUT2D eigenvalue weighted by Gasteiger charge is 2.53. The van der Waals surface area contributed by atoms with Crippen LogP contribution in [0, 0.1) is 23.5 Å². The third-order valence-electron chi connectivity index (χ3n) is 7.11. The first-order chi connectivity index (χ1) is 17.8. The zero-order valence-electron chi connectivity index (χ0n) is 20.3. The molecule has 2 aliphatic rings. The lowest BCUT2D eigenvalue weighted by atomic mass is 9.85. The van der Waals surface area contributed by atoms with E-state index in [1.807, 2.05) is 4.90 Å². The van der Waals surface area contributed by atoms with Gasteiger partial charge in [0.25, 0.3) is 5.91 Å². The smallest absolute Gasteiger partial charge is 0.272 e. The standard InChI is InChI=1S/C28H26F2N4O3/c1-2-4-19(18-5-7-23(35)8-6-18)13-26(36)34-10-3-9-28(34)16-33(17-28)27(37)25-15-24(31-32-25)20-11-21(29)14-22(30)12-20/h5-8,11-12,14-15,19,35H,3,9-10,13,16-17H2,1H3,(H,31,32)/t19-/m0/s1. The molecule has 190 valence electrons. The summed E-state index contributed by atoms with van der Waals surface area (Å²) in [7, 11) is 0. The highest BCUT2D eigenvalue weighted by molar-refractivity contribution is 5.94. The van der Waals surface area contributed by atoms with Gasteiger partial charge in [-0.2, -0.15) is 5.10 Å². The second-order valence-electron chi connectivity index (χ2n) is 9.60. The lowest BCUT2D eigenvalue weighted by Crippen LogP contribution is -2.70. The van der Waals surface area contributed by atoms with Crippen molar-refractivity contribution in [3.63, 3.8) is 0 Å². The minimum absolute atomic E-state index is 0.0117. The number of likely N-dealkylation sites (tertiary alicyclic amines) is 2. The van der Waals surface area contributed by atoms with Gasteiger partial charge >= 0.3 is 0 Å². The van der Waals surface area contributed by atoms with Crippen molar-refractivity contribution in [2.75, 3.05) is 19.6 Å². The van der Waals surface area contributed by atoms with Gasteiger partial charge in [0.1, 0.15) is 23.1 Å². The fourth-order valence-corrected chi connectivity index (χ4v) is 5.33. The molecule has 2 aliphatic heterocycles. The van der Waals surface area contributed by atoms with Crippen LogP contribution in [0.25, 0.3) is 11.3 Å². The SMILES string of the molecule is CC#C[C@@H](CC(=O)N1CCCC12CN(C(=O)c1cc(-c3cc(F)cc(F)c3)n[nH]1)C2)c1ccc(O)cc1. The van der Waals surface area contributed by atoms with Crippen molar-refractivity contribution in [2.45, 2.75) is 37.6 Å². The molecule has 0 unspecified atom stereocenters. The summed E-state index contributed by atoms with van der Waals surface area (Å²) in [5.41, 5.74) is 1.19. The van der Waals surface area contributed by atoms with E-state index in [2.05, 4.69) is 22.0 Å². The normalized spacial score (nSPS) is 16.7. The number of benzene rings is 2. The summed E-state index contributed by atoms with van der Waals surface area (Å²) < 4.78 is 27.1. The minimum atomic E-state index is -0.723. The van der Waals surface area contributed by atoms with Crippen molar-refractivity contribution >= 4 is 11.8 Å². The Kier molecular flexibility index (Phi) is 6.42. The fraction of sp³-hybridized carbons (Fsp3) is 0.321. The van der Waals surface area contributed by atoms with Gasteiger partial charge in [0.2, 0.25) is 5.91 Å². The van der Waals surface area contributed by atoms with Crippen molar-refractivity contribution in [3.8, 4) is 28.8 Å². The molecule has 37 heavy (non-hydrogen) atoms. The number of aromatic nitrogens is 2. The molecule has 0 saturated carbocycles. The number of hydrogen-bond acceptors (Lipinski definition) is 4. The molecule has 1 spiro atoms. The third kappa shape index (κ3) is 4.79. The molecular formula is C28H26F2N4O3. The molecule has 7 nitrogen and oxygen atoms in total. The van der Waals surface area contributed by atoms with Crippen LogP contribution in [0.4, 0.5) is 8.78 Å². The number of aromatic amines is 1. The minimum Gasteiger partial charge on any atom is -0.508 e. The van der Waals surface area contributed by atoms with Crippen molar-refractivity contribution in [3.05, 3.63) is 71.4 Å². The number of halogens is 2. The van der Waals surface area contributed by atoms with E-state index in [0.29, 0.717) is 19.6 Å². The van der Waals surface area contributed by atoms with E-state index in [-0.39, 0.29) is 46.9 Å². The van der Waals surface area contributed by atoms with Gasteiger partial charge < -0.3 is 14.9 Å². The quantitative estimate of drug-likeness (QED) is 0.513. The Hall–Kier alpha value is -4.19. The molecule has 3 aromatic rings. The first-order valence-electron chi connectivity index (χ1n) is 12.1. The number of carbonyl (C=O) groups excluding carboxylic acids is 2. The van der Waals surface area contributed by atoms with Gasteiger partial charge in [-0.05, 0) is 55.7 Å². The van der Waals surface area contributed by atoms with Crippen LogP contribution >= 0.6 is 0 Å². The topological polar surface area (TPSA) is 89.5 Å². The molecule has 0 radical (unpaired) electrons. The van der Waals surface area contributed by atoms with Crippen LogP contribution in [-0.4, -0.2) is 62.1 Å². The lowest BCUT2D eigenvalue weighted by Gasteiger charge is -2.52. The molecule has 1 aromatic heterocycles. The molecule has 9 heteroatoms. The summed E-state index contributed by atoms with van der Waals surface area (Å²) in [6.45, 7) is 3.17. The summed E-state index contributed by atoms with van der Waals surface area (Å²) >= 11 is 0. The second-order valence-corrected chi connectivity index (χ2v) is 9.60. The van der Waals surface area contributed by atoms with E-state index in [4.69, 9.17) is 0 Å². The Morgan fingerprint density at radius 3 is 2.51 bits per heavy atom. The van der Waals surface area contributed by atoms with E-state index in [1.54, 1.807) is 36.1 Å².